The number of anilines is 1. The number of aromatic nitrogens is 2. The van der Waals surface area contributed by atoms with E-state index in [0.717, 1.165) is 48.2 Å². The fourth-order valence-corrected chi connectivity index (χ4v) is 6.27. The highest BCUT2D eigenvalue weighted by Gasteiger charge is 2.35. The molecule has 1 atom stereocenters. The predicted molar refractivity (Wildman–Crippen MR) is 128 cm³/mol. The zero-order chi connectivity index (χ0) is 23.6. The standard InChI is InChI=1S/C24H31FN4O3S/c1-4-27(5-2)24-22-15-21(33(30,31)29-14-6-7-20(29)17-32-3)12-13-23(22)28(26-24)16-18-8-10-19(25)11-9-18/h8-13,15,20H,4-7,14,16-17H2,1-3H3/t20-/m0/s1. The quantitative estimate of drug-likeness (QED) is 0.471. The third kappa shape index (κ3) is 4.62. The second kappa shape index (κ2) is 9.79. The monoisotopic (exact) mass is 474 g/mol. The summed E-state index contributed by atoms with van der Waals surface area (Å²) in [6.07, 6.45) is 1.63. The molecule has 33 heavy (non-hydrogen) atoms. The molecule has 0 saturated carbocycles. The molecule has 4 rings (SSSR count). The van der Waals surface area contributed by atoms with Crippen LogP contribution in [0.15, 0.2) is 47.4 Å². The average Bonchev–Trinajstić information content (AvgIpc) is 3.42. The number of halogens is 1. The van der Waals surface area contributed by atoms with Gasteiger partial charge in [0.15, 0.2) is 5.82 Å². The number of benzene rings is 2. The van der Waals surface area contributed by atoms with Gasteiger partial charge in [0.1, 0.15) is 5.82 Å². The largest absolute Gasteiger partial charge is 0.383 e. The molecule has 3 aromatic rings. The Kier molecular flexibility index (Phi) is 7.02. The molecule has 0 aliphatic carbocycles. The van der Waals surface area contributed by atoms with Crippen LogP contribution in [-0.4, -0.2) is 61.9 Å². The Bertz CT molecular complexity index is 1210. The van der Waals surface area contributed by atoms with E-state index in [9.17, 15) is 12.8 Å². The van der Waals surface area contributed by atoms with E-state index < -0.39 is 10.0 Å². The van der Waals surface area contributed by atoms with Crippen molar-refractivity contribution in [2.75, 3.05) is 38.3 Å². The van der Waals surface area contributed by atoms with Crippen molar-refractivity contribution in [3.8, 4) is 0 Å². The molecule has 1 saturated heterocycles. The number of rotatable bonds is 9. The van der Waals surface area contributed by atoms with Crippen molar-refractivity contribution in [1.82, 2.24) is 14.1 Å². The Labute approximate surface area is 194 Å². The van der Waals surface area contributed by atoms with Crippen molar-refractivity contribution in [3.05, 3.63) is 53.8 Å². The Morgan fingerprint density at radius 3 is 2.55 bits per heavy atom. The van der Waals surface area contributed by atoms with E-state index in [0.29, 0.717) is 19.7 Å². The van der Waals surface area contributed by atoms with E-state index in [1.54, 1.807) is 35.7 Å². The van der Waals surface area contributed by atoms with Crippen LogP contribution >= 0.6 is 0 Å². The van der Waals surface area contributed by atoms with Crippen molar-refractivity contribution in [3.63, 3.8) is 0 Å². The highest BCUT2D eigenvalue weighted by atomic mass is 32.2. The Balaban J connectivity index is 1.78. The molecule has 0 unspecified atom stereocenters. The maximum Gasteiger partial charge on any atom is 0.243 e. The van der Waals surface area contributed by atoms with Crippen LogP contribution in [0.25, 0.3) is 10.9 Å². The molecular weight excluding hydrogens is 443 g/mol. The van der Waals surface area contributed by atoms with Gasteiger partial charge in [-0.3, -0.25) is 4.68 Å². The van der Waals surface area contributed by atoms with Gasteiger partial charge in [-0.15, -0.1) is 0 Å². The molecule has 2 aromatic carbocycles. The van der Waals surface area contributed by atoms with Gasteiger partial charge < -0.3 is 9.64 Å². The summed E-state index contributed by atoms with van der Waals surface area (Å²) in [6.45, 7) is 6.95. The van der Waals surface area contributed by atoms with Crippen LogP contribution in [0.4, 0.5) is 10.2 Å². The number of methoxy groups -OCH3 is 1. The van der Waals surface area contributed by atoms with E-state index in [-0.39, 0.29) is 16.8 Å². The zero-order valence-corrected chi connectivity index (χ0v) is 20.2. The summed E-state index contributed by atoms with van der Waals surface area (Å²) in [5.41, 5.74) is 1.76. The SMILES string of the molecule is CCN(CC)c1nn(Cc2ccc(F)cc2)c2ccc(S(=O)(=O)N3CCC[C@H]3COC)cc12. The number of fused-ring (bicyclic) bond motifs is 1. The van der Waals surface area contributed by atoms with E-state index >= 15 is 0 Å². The molecule has 1 fully saturated rings. The van der Waals surface area contributed by atoms with Gasteiger partial charge in [0.2, 0.25) is 10.0 Å². The molecule has 0 bridgehead atoms. The maximum atomic E-state index is 13.5. The number of hydrogen-bond acceptors (Lipinski definition) is 5. The van der Waals surface area contributed by atoms with Crippen LogP contribution in [0, 0.1) is 5.82 Å². The Hall–Kier alpha value is -2.49. The van der Waals surface area contributed by atoms with Crippen LogP contribution in [0.5, 0.6) is 0 Å². The lowest BCUT2D eigenvalue weighted by Crippen LogP contribution is -2.38. The minimum absolute atomic E-state index is 0.140. The molecule has 1 aliphatic rings. The minimum atomic E-state index is -3.66. The molecule has 1 aromatic heterocycles. The van der Waals surface area contributed by atoms with Crippen molar-refractivity contribution in [1.29, 1.82) is 0 Å². The topological polar surface area (TPSA) is 67.7 Å². The van der Waals surface area contributed by atoms with Crippen LogP contribution in [0.3, 0.4) is 0 Å². The third-order valence-corrected chi connectivity index (χ3v) is 8.25. The van der Waals surface area contributed by atoms with Crippen molar-refractivity contribution < 1.29 is 17.5 Å². The molecule has 0 spiro atoms. The van der Waals surface area contributed by atoms with Gasteiger partial charge in [-0.2, -0.15) is 9.40 Å². The molecule has 0 radical (unpaired) electrons. The molecule has 178 valence electrons. The second-order valence-corrected chi connectivity index (χ2v) is 10.2. The second-order valence-electron chi connectivity index (χ2n) is 8.33. The van der Waals surface area contributed by atoms with Crippen molar-refractivity contribution in [2.24, 2.45) is 0 Å². The van der Waals surface area contributed by atoms with Crippen LogP contribution < -0.4 is 4.90 Å². The molecule has 7 nitrogen and oxygen atoms in total. The summed E-state index contributed by atoms with van der Waals surface area (Å²) in [5.74, 6) is 0.473. The van der Waals surface area contributed by atoms with Crippen molar-refractivity contribution in [2.45, 2.75) is 44.2 Å². The smallest absolute Gasteiger partial charge is 0.243 e. The summed E-state index contributed by atoms with van der Waals surface area (Å²) >= 11 is 0. The number of ether oxygens (including phenoxy) is 1. The van der Waals surface area contributed by atoms with E-state index in [2.05, 4.69) is 18.7 Å². The van der Waals surface area contributed by atoms with Gasteiger partial charge in [-0.1, -0.05) is 12.1 Å². The van der Waals surface area contributed by atoms with E-state index in [1.165, 1.54) is 12.1 Å². The fourth-order valence-electron chi connectivity index (χ4n) is 4.56. The number of hydrogen-bond donors (Lipinski definition) is 0. The average molecular weight is 475 g/mol. The molecule has 1 aliphatic heterocycles. The first kappa shape index (κ1) is 23.7. The molecule has 9 heteroatoms. The summed E-state index contributed by atoms with van der Waals surface area (Å²) in [4.78, 5) is 2.39. The Morgan fingerprint density at radius 1 is 1.15 bits per heavy atom. The third-order valence-electron chi connectivity index (χ3n) is 6.30. The number of nitrogens with zero attached hydrogens (tertiary/aromatic N) is 4. The molecule has 0 amide bonds. The van der Waals surface area contributed by atoms with Crippen LogP contribution in [-0.2, 0) is 21.3 Å². The highest BCUT2D eigenvalue weighted by Crippen LogP contribution is 2.32. The number of sulfonamides is 1. The highest BCUT2D eigenvalue weighted by molar-refractivity contribution is 7.89. The lowest BCUT2D eigenvalue weighted by atomic mass is 10.2. The fraction of sp³-hybridized carbons (Fsp3) is 0.458. The van der Waals surface area contributed by atoms with Gasteiger partial charge >= 0.3 is 0 Å². The first-order valence-electron chi connectivity index (χ1n) is 11.4. The lowest BCUT2D eigenvalue weighted by Gasteiger charge is -2.23. The zero-order valence-electron chi connectivity index (χ0n) is 19.4. The van der Waals surface area contributed by atoms with Gasteiger partial charge in [0.05, 0.1) is 23.6 Å². The normalized spacial score (nSPS) is 17.2. The minimum Gasteiger partial charge on any atom is -0.383 e. The molecule has 2 heterocycles. The maximum absolute atomic E-state index is 13.5. The van der Waals surface area contributed by atoms with Gasteiger partial charge in [0, 0.05) is 38.2 Å². The van der Waals surface area contributed by atoms with Crippen LogP contribution in [0.1, 0.15) is 32.3 Å². The van der Waals surface area contributed by atoms with Gasteiger partial charge in [-0.05, 0) is 62.6 Å². The molecular formula is C24H31FN4O3S. The van der Waals surface area contributed by atoms with E-state index in [4.69, 9.17) is 9.84 Å². The van der Waals surface area contributed by atoms with Gasteiger partial charge in [-0.25, -0.2) is 12.8 Å². The summed E-state index contributed by atoms with van der Waals surface area (Å²) in [5, 5.41) is 5.63. The lowest BCUT2D eigenvalue weighted by molar-refractivity contribution is 0.149. The summed E-state index contributed by atoms with van der Waals surface area (Å²) in [6, 6.07) is 11.4. The van der Waals surface area contributed by atoms with Crippen molar-refractivity contribution >= 4 is 26.7 Å². The van der Waals surface area contributed by atoms with E-state index in [1.807, 2.05) is 10.7 Å². The first-order chi connectivity index (χ1) is 15.9. The Morgan fingerprint density at radius 2 is 1.88 bits per heavy atom. The first-order valence-corrected chi connectivity index (χ1v) is 12.8. The van der Waals surface area contributed by atoms with Gasteiger partial charge in [0.25, 0.3) is 0 Å². The molecule has 0 N–H and O–H groups in total. The summed E-state index contributed by atoms with van der Waals surface area (Å²) in [7, 11) is -2.06. The van der Waals surface area contributed by atoms with Crippen LogP contribution in [0.2, 0.25) is 0 Å². The summed E-state index contributed by atoms with van der Waals surface area (Å²) < 4.78 is 49.0. The predicted octanol–water partition coefficient (Wildman–Crippen LogP) is 3.87.